The van der Waals surface area contributed by atoms with E-state index in [4.69, 9.17) is 17.5 Å². The van der Waals surface area contributed by atoms with E-state index in [1.54, 1.807) is 12.1 Å². The number of nitrogens with one attached hydrogen (secondary N) is 2. The van der Waals surface area contributed by atoms with Crippen LogP contribution >= 0.6 is 12.2 Å². The van der Waals surface area contributed by atoms with Gasteiger partial charge in [0.25, 0.3) is 0 Å². The summed E-state index contributed by atoms with van der Waals surface area (Å²) < 4.78 is 0. The van der Waals surface area contributed by atoms with E-state index in [0.717, 1.165) is 12.2 Å². The number of thiocarbonyl (C=S) groups is 1. The van der Waals surface area contributed by atoms with E-state index in [1.807, 2.05) is 19.1 Å². The fourth-order valence-electron chi connectivity index (χ4n) is 1.00. The highest BCUT2D eigenvalue weighted by Crippen LogP contribution is 2.09. The van der Waals surface area contributed by atoms with Crippen molar-refractivity contribution in [3.8, 4) is 6.07 Å². The molecule has 1 rings (SSSR count). The third kappa shape index (κ3) is 3.04. The second kappa shape index (κ2) is 5.20. The molecule has 3 nitrogen and oxygen atoms in total. The van der Waals surface area contributed by atoms with Crippen molar-refractivity contribution in [3.63, 3.8) is 0 Å². The number of anilines is 1. The Morgan fingerprint density at radius 3 is 3.00 bits per heavy atom. The number of nitrogens with zero attached hydrogens (tertiary/aromatic N) is 1. The standard InChI is InChI=1S/C10H11N3S/c1-2-12-10(14)13-9-5-3-4-8(6-9)7-11/h3-6H,2H2,1H3,(H2,12,13,14). The zero-order valence-corrected chi connectivity index (χ0v) is 8.69. The van der Waals surface area contributed by atoms with Gasteiger partial charge in [0.15, 0.2) is 5.11 Å². The molecule has 0 unspecified atom stereocenters. The van der Waals surface area contributed by atoms with Crippen LogP contribution in [0.3, 0.4) is 0 Å². The molecule has 2 N–H and O–H groups in total. The van der Waals surface area contributed by atoms with Crippen LogP contribution in [0.5, 0.6) is 0 Å². The SMILES string of the molecule is CCNC(=S)Nc1cccc(C#N)c1. The summed E-state index contributed by atoms with van der Waals surface area (Å²) in [6.07, 6.45) is 0. The first-order valence-electron chi connectivity index (χ1n) is 4.31. The highest BCUT2D eigenvalue weighted by molar-refractivity contribution is 7.80. The number of benzene rings is 1. The first-order valence-corrected chi connectivity index (χ1v) is 4.72. The van der Waals surface area contributed by atoms with Gasteiger partial charge in [0.05, 0.1) is 11.6 Å². The van der Waals surface area contributed by atoms with E-state index in [-0.39, 0.29) is 0 Å². The first kappa shape index (κ1) is 10.5. The molecule has 1 aromatic rings. The van der Waals surface area contributed by atoms with Gasteiger partial charge in [-0.05, 0) is 37.3 Å². The second-order valence-electron chi connectivity index (χ2n) is 2.68. The topological polar surface area (TPSA) is 47.8 Å². The van der Waals surface area contributed by atoms with Gasteiger partial charge in [0.1, 0.15) is 0 Å². The van der Waals surface area contributed by atoms with Gasteiger partial charge in [0.2, 0.25) is 0 Å². The summed E-state index contributed by atoms with van der Waals surface area (Å²) in [5.74, 6) is 0. The number of hydrogen-bond donors (Lipinski definition) is 2. The van der Waals surface area contributed by atoms with Crippen LogP contribution in [0.1, 0.15) is 12.5 Å². The molecule has 0 heterocycles. The average molecular weight is 205 g/mol. The molecule has 0 aliphatic heterocycles. The normalized spacial score (nSPS) is 8.86. The van der Waals surface area contributed by atoms with Gasteiger partial charge in [-0.15, -0.1) is 0 Å². The highest BCUT2D eigenvalue weighted by atomic mass is 32.1. The molecule has 0 aromatic heterocycles. The van der Waals surface area contributed by atoms with Crippen LogP contribution in [0.4, 0.5) is 5.69 Å². The third-order valence-electron chi connectivity index (χ3n) is 1.59. The summed E-state index contributed by atoms with van der Waals surface area (Å²) in [5.41, 5.74) is 1.45. The van der Waals surface area contributed by atoms with E-state index in [0.29, 0.717) is 10.7 Å². The Kier molecular flexibility index (Phi) is 3.89. The molecule has 0 atom stereocenters. The maximum atomic E-state index is 8.67. The average Bonchev–Trinajstić information content (AvgIpc) is 2.18. The minimum Gasteiger partial charge on any atom is -0.363 e. The van der Waals surface area contributed by atoms with Crippen LogP contribution in [-0.2, 0) is 0 Å². The van der Waals surface area contributed by atoms with Crippen molar-refractivity contribution in [3.05, 3.63) is 29.8 Å². The molecule has 0 spiro atoms. The number of hydrogen-bond acceptors (Lipinski definition) is 2. The maximum absolute atomic E-state index is 8.67. The Morgan fingerprint density at radius 1 is 1.57 bits per heavy atom. The van der Waals surface area contributed by atoms with Crippen LogP contribution in [0, 0.1) is 11.3 Å². The van der Waals surface area contributed by atoms with Crippen molar-refractivity contribution in [1.29, 1.82) is 5.26 Å². The zero-order chi connectivity index (χ0) is 10.4. The van der Waals surface area contributed by atoms with Crippen molar-refractivity contribution in [2.24, 2.45) is 0 Å². The van der Waals surface area contributed by atoms with Gasteiger partial charge in [-0.2, -0.15) is 5.26 Å². The molecule has 0 bridgehead atoms. The molecule has 0 saturated heterocycles. The molecule has 0 radical (unpaired) electrons. The van der Waals surface area contributed by atoms with Crippen molar-refractivity contribution in [2.75, 3.05) is 11.9 Å². The Morgan fingerprint density at radius 2 is 2.36 bits per heavy atom. The van der Waals surface area contributed by atoms with Crippen molar-refractivity contribution < 1.29 is 0 Å². The fourth-order valence-corrected chi connectivity index (χ4v) is 1.26. The lowest BCUT2D eigenvalue weighted by Gasteiger charge is -2.08. The Balaban J connectivity index is 2.68. The van der Waals surface area contributed by atoms with Crippen LogP contribution in [0.15, 0.2) is 24.3 Å². The van der Waals surface area contributed by atoms with Gasteiger partial charge in [-0.1, -0.05) is 6.07 Å². The maximum Gasteiger partial charge on any atom is 0.170 e. The molecule has 4 heteroatoms. The quantitative estimate of drug-likeness (QED) is 0.724. The summed E-state index contributed by atoms with van der Waals surface area (Å²) >= 11 is 5.01. The molecule has 1 aromatic carbocycles. The van der Waals surface area contributed by atoms with Crippen molar-refractivity contribution in [2.45, 2.75) is 6.92 Å². The van der Waals surface area contributed by atoms with E-state index in [1.165, 1.54) is 0 Å². The summed E-state index contributed by atoms with van der Waals surface area (Å²) in [7, 11) is 0. The third-order valence-corrected chi connectivity index (χ3v) is 1.83. The van der Waals surface area contributed by atoms with Gasteiger partial charge in [0, 0.05) is 12.2 Å². The van der Waals surface area contributed by atoms with Crippen molar-refractivity contribution >= 4 is 23.0 Å². The molecule has 0 aliphatic rings. The van der Waals surface area contributed by atoms with Gasteiger partial charge in [-0.25, -0.2) is 0 Å². The number of nitriles is 1. The van der Waals surface area contributed by atoms with Gasteiger partial charge < -0.3 is 10.6 Å². The second-order valence-corrected chi connectivity index (χ2v) is 3.09. The van der Waals surface area contributed by atoms with Crippen LogP contribution in [0.2, 0.25) is 0 Å². The zero-order valence-electron chi connectivity index (χ0n) is 7.87. The predicted molar refractivity (Wildman–Crippen MR) is 61.1 cm³/mol. The lowest BCUT2D eigenvalue weighted by molar-refractivity contribution is 0.979. The minimum atomic E-state index is 0.572. The van der Waals surface area contributed by atoms with E-state index >= 15 is 0 Å². The minimum absolute atomic E-state index is 0.572. The molecular formula is C10H11N3S. The lowest BCUT2D eigenvalue weighted by Crippen LogP contribution is -2.27. The summed E-state index contributed by atoms with van der Waals surface area (Å²) in [4.78, 5) is 0. The van der Waals surface area contributed by atoms with Crippen molar-refractivity contribution in [1.82, 2.24) is 5.32 Å². The van der Waals surface area contributed by atoms with Gasteiger partial charge >= 0.3 is 0 Å². The largest absolute Gasteiger partial charge is 0.363 e. The van der Waals surface area contributed by atoms with E-state index in [2.05, 4.69) is 16.7 Å². The van der Waals surface area contributed by atoms with Crippen LogP contribution in [0.25, 0.3) is 0 Å². The molecule has 0 amide bonds. The van der Waals surface area contributed by atoms with Crippen LogP contribution < -0.4 is 10.6 Å². The van der Waals surface area contributed by atoms with E-state index < -0.39 is 0 Å². The predicted octanol–water partition coefficient (Wildman–Crippen LogP) is 1.86. The summed E-state index contributed by atoms with van der Waals surface area (Å²) in [6.45, 7) is 2.75. The fraction of sp³-hybridized carbons (Fsp3) is 0.200. The monoisotopic (exact) mass is 205 g/mol. The Labute approximate surface area is 88.7 Å². The highest BCUT2D eigenvalue weighted by Gasteiger charge is 1.96. The first-order chi connectivity index (χ1) is 6.76. The molecule has 0 saturated carbocycles. The van der Waals surface area contributed by atoms with E-state index in [9.17, 15) is 0 Å². The molecule has 14 heavy (non-hydrogen) atoms. The Hall–Kier alpha value is -1.60. The van der Waals surface area contributed by atoms with Gasteiger partial charge in [-0.3, -0.25) is 0 Å². The molecular weight excluding hydrogens is 194 g/mol. The summed E-state index contributed by atoms with van der Waals surface area (Å²) in [6, 6.07) is 9.25. The molecule has 0 aliphatic carbocycles. The Bertz CT molecular complexity index is 368. The number of rotatable bonds is 2. The smallest absolute Gasteiger partial charge is 0.170 e. The summed E-state index contributed by atoms with van der Waals surface area (Å²) in [5, 5.41) is 15.2. The molecule has 0 fully saturated rings. The van der Waals surface area contributed by atoms with Crippen LogP contribution in [-0.4, -0.2) is 11.7 Å². The molecule has 72 valence electrons. The lowest BCUT2D eigenvalue weighted by atomic mass is 10.2.